The lowest BCUT2D eigenvalue weighted by molar-refractivity contribution is 0.340. The van der Waals surface area contributed by atoms with Crippen LogP contribution >= 0.6 is 0 Å². The predicted octanol–water partition coefficient (Wildman–Crippen LogP) is 4.74. The molecule has 0 saturated heterocycles. The highest BCUT2D eigenvalue weighted by molar-refractivity contribution is 5.81. The van der Waals surface area contributed by atoms with Gasteiger partial charge in [0.25, 0.3) is 0 Å². The van der Waals surface area contributed by atoms with Crippen LogP contribution in [0.25, 0.3) is 16.7 Å². The number of aromatic nitrogens is 3. The maximum atomic E-state index is 5.51. The summed E-state index contributed by atoms with van der Waals surface area (Å²) in [7, 11) is 0. The van der Waals surface area contributed by atoms with Crippen molar-refractivity contribution in [3.05, 3.63) is 78.4 Å². The number of nitrogens with one attached hydrogen (secondary N) is 1. The van der Waals surface area contributed by atoms with Crippen LogP contribution in [0.15, 0.2) is 67.1 Å². The van der Waals surface area contributed by atoms with Crippen LogP contribution in [0.3, 0.4) is 0 Å². The van der Waals surface area contributed by atoms with Crippen molar-refractivity contribution in [2.45, 2.75) is 20.4 Å². The Balaban J connectivity index is 1.53. The average Bonchev–Trinajstić information content (AvgIpc) is 3.12. The molecular formula is C22H22N4O. The summed E-state index contributed by atoms with van der Waals surface area (Å²) in [4.78, 5) is 8.98. The molecule has 0 saturated carbocycles. The summed E-state index contributed by atoms with van der Waals surface area (Å²) in [5.74, 6) is 0.877. The molecule has 0 aliphatic heterocycles. The number of rotatable bonds is 6. The molecule has 4 rings (SSSR count). The van der Waals surface area contributed by atoms with Gasteiger partial charge in [-0.2, -0.15) is 0 Å². The summed E-state index contributed by atoms with van der Waals surface area (Å²) in [6, 6.07) is 18.4. The van der Waals surface area contributed by atoms with Crippen LogP contribution in [0.1, 0.15) is 18.2 Å². The van der Waals surface area contributed by atoms with E-state index >= 15 is 0 Å². The van der Waals surface area contributed by atoms with Gasteiger partial charge in [0.15, 0.2) is 0 Å². The fourth-order valence-electron chi connectivity index (χ4n) is 2.99. The van der Waals surface area contributed by atoms with Gasteiger partial charge in [-0.3, -0.25) is 9.55 Å². The Morgan fingerprint density at radius 3 is 2.59 bits per heavy atom. The first-order valence-corrected chi connectivity index (χ1v) is 9.08. The van der Waals surface area contributed by atoms with E-state index in [1.807, 2.05) is 56.7 Å². The molecule has 5 nitrogen and oxygen atoms in total. The van der Waals surface area contributed by atoms with E-state index in [9.17, 15) is 0 Å². The van der Waals surface area contributed by atoms with Crippen LogP contribution in [0.5, 0.6) is 5.75 Å². The molecule has 0 unspecified atom stereocenters. The van der Waals surface area contributed by atoms with Crippen LogP contribution in [0, 0.1) is 6.92 Å². The van der Waals surface area contributed by atoms with Crippen molar-refractivity contribution in [2.75, 3.05) is 11.9 Å². The lowest BCUT2D eigenvalue weighted by Gasteiger charge is -2.08. The van der Waals surface area contributed by atoms with Gasteiger partial charge in [-0.15, -0.1) is 0 Å². The van der Waals surface area contributed by atoms with E-state index in [-0.39, 0.29) is 0 Å². The molecule has 2 aromatic heterocycles. The van der Waals surface area contributed by atoms with Crippen molar-refractivity contribution in [3.63, 3.8) is 0 Å². The van der Waals surface area contributed by atoms with Gasteiger partial charge in [-0.25, -0.2) is 4.98 Å². The van der Waals surface area contributed by atoms with Crippen molar-refractivity contribution in [1.82, 2.24) is 14.5 Å². The monoisotopic (exact) mass is 358 g/mol. The van der Waals surface area contributed by atoms with Gasteiger partial charge in [0.1, 0.15) is 12.1 Å². The Morgan fingerprint density at radius 1 is 1.00 bits per heavy atom. The van der Waals surface area contributed by atoms with Crippen LogP contribution in [0.2, 0.25) is 0 Å². The summed E-state index contributed by atoms with van der Waals surface area (Å²) < 4.78 is 7.59. The SMILES string of the molecule is CCOc1ccc(-n2cnc3cc(NCc4ccc(C)cn4)ccc32)cc1. The smallest absolute Gasteiger partial charge is 0.119 e. The van der Waals surface area contributed by atoms with Crippen molar-refractivity contribution >= 4 is 16.7 Å². The van der Waals surface area contributed by atoms with E-state index in [0.717, 1.165) is 33.9 Å². The number of ether oxygens (including phenoxy) is 1. The molecule has 0 aliphatic rings. The zero-order valence-electron chi connectivity index (χ0n) is 15.5. The molecule has 136 valence electrons. The summed E-state index contributed by atoms with van der Waals surface area (Å²) >= 11 is 0. The normalized spacial score (nSPS) is 10.9. The quantitative estimate of drug-likeness (QED) is 0.541. The summed E-state index contributed by atoms with van der Waals surface area (Å²) in [6.07, 6.45) is 3.74. The highest BCUT2D eigenvalue weighted by Crippen LogP contribution is 2.23. The molecule has 1 N–H and O–H groups in total. The summed E-state index contributed by atoms with van der Waals surface area (Å²) in [6.45, 7) is 5.38. The lowest BCUT2D eigenvalue weighted by Crippen LogP contribution is -2.01. The Bertz CT molecular complexity index is 1040. The number of nitrogens with zero attached hydrogens (tertiary/aromatic N) is 3. The van der Waals surface area contributed by atoms with E-state index in [4.69, 9.17) is 4.74 Å². The average molecular weight is 358 g/mol. The van der Waals surface area contributed by atoms with Crippen LogP contribution < -0.4 is 10.1 Å². The number of anilines is 1. The second-order valence-corrected chi connectivity index (χ2v) is 6.43. The minimum atomic E-state index is 0.668. The summed E-state index contributed by atoms with van der Waals surface area (Å²) in [5, 5.41) is 3.41. The maximum Gasteiger partial charge on any atom is 0.119 e. The number of pyridine rings is 1. The van der Waals surface area contributed by atoms with Gasteiger partial charge in [0, 0.05) is 17.6 Å². The molecule has 0 bridgehead atoms. The third-order valence-electron chi connectivity index (χ3n) is 4.42. The number of aryl methyl sites for hydroxylation is 1. The van der Waals surface area contributed by atoms with E-state index in [2.05, 4.69) is 44.1 Å². The van der Waals surface area contributed by atoms with E-state index < -0.39 is 0 Å². The molecule has 27 heavy (non-hydrogen) atoms. The molecule has 4 aromatic rings. The van der Waals surface area contributed by atoms with E-state index in [1.54, 1.807) is 0 Å². The van der Waals surface area contributed by atoms with Gasteiger partial charge >= 0.3 is 0 Å². The lowest BCUT2D eigenvalue weighted by atomic mass is 10.2. The molecule has 0 amide bonds. The molecule has 0 fully saturated rings. The molecule has 2 aromatic carbocycles. The maximum absolute atomic E-state index is 5.51. The standard InChI is InChI=1S/C22H22N4O/c1-3-27-20-9-7-19(8-10-20)26-15-25-21-12-17(6-11-22(21)26)24-14-18-5-4-16(2)13-23-18/h4-13,15,24H,3,14H2,1-2H3. The largest absolute Gasteiger partial charge is 0.494 e. The molecule has 2 heterocycles. The zero-order chi connectivity index (χ0) is 18.6. The third kappa shape index (κ3) is 3.77. The predicted molar refractivity (Wildman–Crippen MR) is 109 cm³/mol. The molecule has 0 radical (unpaired) electrons. The van der Waals surface area contributed by atoms with Crippen molar-refractivity contribution < 1.29 is 4.74 Å². The zero-order valence-corrected chi connectivity index (χ0v) is 15.5. The number of benzene rings is 2. The Morgan fingerprint density at radius 2 is 1.85 bits per heavy atom. The first-order valence-electron chi connectivity index (χ1n) is 9.08. The van der Waals surface area contributed by atoms with Gasteiger partial charge < -0.3 is 10.1 Å². The number of imidazole rings is 1. The number of fused-ring (bicyclic) bond motifs is 1. The van der Waals surface area contributed by atoms with Gasteiger partial charge in [-0.1, -0.05) is 6.07 Å². The second kappa shape index (κ2) is 7.50. The second-order valence-electron chi connectivity index (χ2n) is 6.43. The number of hydrogen-bond acceptors (Lipinski definition) is 4. The van der Waals surface area contributed by atoms with E-state index in [0.29, 0.717) is 13.2 Å². The van der Waals surface area contributed by atoms with Gasteiger partial charge in [-0.05, 0) is 67.9 Å². The molecular weight excluding hydrogens is 336 g/mol. The Hall–Kier alpha value is -3.34. The Labute approximate surface area is 158 Å². The fourth-order valence-corrected chi connectivity index (χ4v) is 2.99. The van der Waals surface area contributed by atoms with Crippen LogP contribution in [0.4, 0.5) is 5.69 Å². The highest BCUT2D eigenvalue weighted by atomic mass is 16.5. The molecule has 5 heteroatoms. The highest BCUT2D eigenvalue weighted by Gasteiger charge is 2.06. The molecule has 0 aliphatic carbocycles. The van der Waals surface area contributed by atoms with Gasteiger partial charge in [0.05, 0.1) is 29.9 Å². The molecule has 0 atom stereocenters. The Kier molecular flexibility index (Phi) is 4.75. The number of hydrogen-bond donors (Lipinski definition) is 1. The van der Waals surface area contributed by atoms with Crippen molar-refractivity contribution in [1.29, 1.82) is 0 Å². The van der Waals surface area contributed by atoms with Crippen LogP contribution in [-0.2, 0) is 6.54 Å². The van der Waals surface area contributed by atoms with E-state index in [1.165, 1.54) is 5.56 Å². The topological polar surface area (TPSA) is 52.0 Å². The fraction of sp³-hybridized carbons (Fsp3) is 0.182. The minimum absolute atomic E-state index is 0.668. The van der Waals surface area contributed by atoms with Crippen LogP contribution in [-0.4, -0.2) is 21.1 Å². The minimum Gasteiger partial charge on any atom is -0.494 e. The first kappa shape index (κ1) is 17.1. The summed E-state index contributed by atoms with van der Waals surface area (Å²) in [5.41, 5.74) is 6.29. The third-order valence-corrected chi connectivity index (χ3v) is 4.42. The van der Waals surface area contributed by atoms with Crippen molar-refractivity contribution in [3.8, 4) is 11.4 Å². The molecule has 0 spiro atoms. The first-order chi connectivity index (χ1) is 13.2. The van der Waals surface area contributed by atoms with Gasteiger partial charge in [0.2, 0.25) is 0 Å². The van der Waals surface area contributed by atoms with Crippen molar-refractivity contribution in [2.24, 2.45) is 0 Å².